The van der Waals surface area contributed by atoms with Gasteiger partial charge in [0.05, 0.1) is 15.2 Å². The van der Waals surface area contributed by atoms with Crippen LogP contribution in [0, 0.1) is 0 Å². The van der Waals surface area contributed by atoms with Crippen LogP contribution < -0.4 is 18.9 Å². The number of hydrogen-bond donors (Lipinski definition) is 0. The van der Waals surface area contributed by atoms with Crippen molar-refractivity contribution in [2.24, 2.45) is 0 Å². The molecule has 0 spiro atoms. The standard InChI is InChI=1S/2C2H5.Al.Li.2H/c2*1-2;;;;/h2*1H2,2H3;;;;/q;;-1;+1;;. The van der Waals surface area contributed by atoms with Crippen molar-refractivity contribution >= 4 is 15.2 Å². The smallest absolute Gasteiger partial charge is 0.201 e. The summed E-state index contributed by atoms with van der Waals surface area (Å²) in [5, 5.41) is 3.08. The second-order valence-corrected chi connectivity index (χ2v) is 5.74. The summed E-state index contributed by atoms with van der Waals surface area (Å²) in [7, 11) is 0. The van der Waals surface area contributed by atoms with Crippen molar-refractivity contribution in [1.29, 1.82) is 0 Å². The molecule has 0 aromatic rings. The van der Waals surface area contributed by atoms with Gasteiger partial charge in [-0.25, -0.2) is 10.6 Å². The average molecular weight is 94.1 g/mol. The van der Waals surface area contributed by atoms with E-state index in [0.29, 0.717) is 0 Å². The van der Waals surface area contributed by atoms with Crippen molar-refractivity contribution in [2.45, 2.75) is 24.4 Å². The molecule has 0 saturated carbocycles. The van der Waals surface area contributed by atoms with E-state index in [0.717, 1.165) is 0 Å². The zero-order chi connectivity index (χ0) is 4.12. The molecule has 0 aromatic carbocycles. The molecule has 0 amide bonds. The molecule has 0 rings (SSSR count). The zero-order valence-electron chi connectivity index (χ0n) is 5.41. The first-order chi connectivity index (χ1) is 2.41. The molecule has 0 atom stereocenters. The first kappa shape index (κ1) is 10.2. The van der Waals surface area contributed by atoms with Crippen LogP contribution in [0.5, 0.6) is 0 Å². The van der Waals surface area contributed by atoms with Crippen molar-refractivity contribution in [3.8, 4) is 0 Å². The van der Waals surface area contributed by atoms with Gasteiger partial charge in [0.25, 0.3) is 0 Å². The van der Waals surface area contributed by atoms with Crippen molar-refractivity contribution in [2.75, 3.05) is 0 Å². The van der Waals surface area contributed by atoms with Gasteiger partial charge in [-0.15, -0.1) is 13.8 Å². The summed E-state index contributed by atoms with van der Waals surface area (Å²) in [5.74, 6) is 0. The van der Waals surface area contributed by atoms with E-state index in [1.165, 1.54) is 10.6 Å². The molecule has 0 aliphatic heterocycles. The molecule has 0 aliphatic rings. The van der Waals surface area contributed by atoms with E-state index >= 15 is 0 Å². The minimum Gasteiger partial charge on any atom is -0.201 e. The van der Waals surface area contributed by atoms with Crippen LogP contribution in [0.2, 0.25) is 10.6 Å². The van der Waals surface area contributed by atoms with Crippen LogP contribution in [-0.4, -0.2) is 15.2 Å². The zero-order valence-corrected chi connectivity index (χ0v) is 7.41. The molecule has 6 heavy (non-hydrogen) atoms. The number of rotatable bonds is 2. The van der Waals surface area contributed by atoms with Gasteiger partial charge in [-0.2, -0.15) is 0 Å². The van der Waals surface area contributed by atoms with Crippen LogP contribution in [0.25, 0.3) is 0 Å². The molecule has 0 aromatic heterocycles. The predicted octanol–water partition coefficient (Wildman–Crippen LogP) is -1.96. The largest absolute Gasteiger partial charge is 1.00 e. The molecule has 2 heteroatoms. The Labute approximate surface area is 58.6 Å². The van der Waals surface area contributed by atoms with Gasteiger partial charge >= 0.3 is 18.9 Å². The fraction of sp³-hybridized carbons (Fsp3) is 1.00. The Bertz CT molecular complexity index is 15.0. The predicted molar refractivity (Wildman–Crippen MR) is 29.5 cm³/mol. The van der Waals surface area contributed by atoms with Crippen LogP contribution in [0.4, 0.5) is 0 Å². The van der Waals surface area contributed by atoms with E-state index in [9.17, 15) is 0 Å². The van der Waals surface area contributed by atoms with Gasteiger partial charge in [-0.05, 0) is 0 Å². The van der Waals surface area contributed by atoms with Crippen LogP contribution in [0.3, 0.4) is 0 Å². The molecular formula is C4H12AlLi. The van der Waals surface area contributed by atoms with E-state index in [1.807, 2.05) is 0 Å². The summed E-state index contributed by atoms with van der Waals surface area (Å²) in [6.45, 7) is 4.60. The number of hydrogen-bond acceptors (Lipinski definition) is 0. The molecule has 0 unspecified atom stereocenters. The van der Waals surface area contributed by atoms with Crippen LogP contribution in [0.15, 0.2) is 0 Å². The Balaban J connectivity index is 0. The summed E-state index contributed by atoms with van der Waals surface area (Å²) in [6.07, 6.45) is 0. The van der Waals surface area contributed by atoms with E-state index in [2.05, 4.69) is 13.8 Å². The maximum Gasteiger partial charge on any atom is 1.00 e. The molecule has 0 fully saturated rings. The fourth-order valence-corrected chi connectivity index (χ4v) is 1.50. The van der Waals surface area contributed by atoms with Crippen LogP contribution in [-0.2, 0) is 0 Å². The molecular weight excluding hydrogens is 82.0 g/mol. The summed E-state index contributed by atoms with van der Waals surface area (Å²) < 4.78 is 0. The SMILES string of the molecule is C[CH2][AlH2-][CH2]C.[Li+]. The molecule has 32 valence electrons. The van der Waals surface area contributed by atoms with Crippen molar-refractivity contribution in [3.63, 3.8) is 0 Å². The summed E-state index contributed by atoms with van der Waals surface area (Å²) in [6, 6.07) is 0. The Kier molecular flexibility index (Phi) is 16.0. The van der Waals surface area contributed by atoms with E-state index in [4.69, 9.17) is 0 Å². The minimum absolute atomic E-state index is 0. The second-order valence-electron chi connectivity index (χ2n) is 1.91. The quantitative estimate of drug-likeness (QED) is 0.348. The average Bonchev–Trinajstić information content (AvgIpc) is 1.41. The van der Waals surface area contributed by atoms with E-state index in [-0.39, 0.29) is 34.1 Å². The Hall–Kier alpha value is 1.13. The monoisotopic (exact) mass is 94.1 g/mol. The molecule has 0 saturated heterocycles. The normalized spacial score (nSPS) is 7.00. The summed E-state index contributed by atoms with van der Waals surface area (Å²) in [4.78, 5) is 0. The van der Waals surface area contributed by atoms with Gasteiger partial charge in [-0.3, -0.25) is 0 Å². The second kappa shape index (κ2) is 9.46. The van der Waals surface area contributed by atoms with Crippen LogP contribution >= 0.6 is 0 Å². The summed E-state index contributed by atoms with van der Waals surface area (Å²) >= 11 is 0.0494. The van der Waals surface area contributed by atoms with Gasteiger partial charge in [0.2, 0.25) is 0 Å². The van der Waals surface area contributed by atoms with Crippen molar-refractivity contribution < 1.29 is 18.9 Å². The van der Waals surface area contributed by atoms with Crippen molar-refractivity contribution in [3.05, 3.63) is 0 Å². The van der Waals surface area contributed by atoms with Gasteiger partial charge in [0.1, 0.15) is 0 Å². The summed E-state index contributed by atoms with van der Waals surface area (Å²) in [5.41, 5.74) is 0. The van der Waals surface area contributed by atoms with Gasteiger partial charge in [0.15, 0.2) is 0 Å². The third kappa shape index (κ3) is 8.93. The molecule has 0 radical (unpaired) electrons. The molecule has 0 nitrogen and oxygen atoms in total. The van der Waals surface area contributed by atoms with E-state index < -0.39 is 0 Å². The first-order valence-corrected chi connectivity index (χ1v) is 5.66. The van der Waals surface area contributed by atoms with Crippen molar-refractivity contribution in [1.82, 2.24) is 0 Å². The fourth-order valence-electron chi connectivity index (χ4n) is 0.500. The maximum atomic E-state index is 2.30. The molecule has 0 heterocycles. The Morgan fingerprint density at radius 2 is 1.50 bits per heavy atom. The van der Waals surface area contributed by atoms with Crippen LogP contribution in [0.1, 0.15) is 13.8 Å². The minimum atomic E-state index is 0. The maximum absolute atomic E-state index is 2.30. The molecule has 0 aliphatic carbocycles. The topological polar surface area (TPSA) is 0 Å². The first-order valence-electron chi connectivity index (χ1n) is 2.83. The molecule has 0 N–H and O–H groups in total. The Morgan fingerprint density at radius 3 is 1.50 bits per heavy atom. The van der Waals surface area contributed by atoms with Gasteiger partial charge in [0, 0.05) is 0 Å². The third-order valence-corrected chi connectivity index (χ3v) is 3.00. The van der Waals surface area contributed by atoms with E-state index in [1.54, 1.807) is 0 Å². The van der Waals surface area contributed by atoms with Gasteiger partial charge in [-0.1, -0.05) is 0 Å². The molecule has 0 bridgehead atoms. The Morgan fingerprint density at radius 1 is 1.17 bits per heavy atom. The van der Waals surface area contributed by atoms with Gasteiger partial charge < -0.3 is 0 Å². The third-order valence-electron chi connectivity index (χ3n) is 1.000.